The highest BCUT2D eigenvalue weighted by Gasteiger charge is 2.24. The van der Waals surface area contributed by atoms with Gasteiger partial charge in [-0.2, -0.15) is 0 Å². The standard InChI is InChI=1S/C14H20BrFN2O3/c1-5-21-14(20)10-6-11(15)12(7-17-4)18(13(10)19)9(3)8(2)16/h6,8-9,17H,5,7H2,1-4H3/t8?,9-/m0/s1. The Bertz CT molecular complexity index is 572. The van der Waals surface area contributed by atoms with E-state index in [-0.39, 0.29) is 12.2 Å². The molecule has 0 radical (unpaired) electrons. The molecule has 0 amide bonds. The molecule has 0 aromatic carbocycles. The number of nitrogens with zero attached hydrogens (tertiary/aromatic N) is 1. The Labute approximate surface area is 131 Å². The summed E-state index contributed by atoms with van der Waals surface area (Å²) in [5.74, 6) is -0.702. The maximum absolute atomic E-state index is 13.7. The molecule has 1 unspecified atom stereocenters. The Morgan fingerprint density at radius 2 is 2.14 bits per heavy atom. The van der Waals surface area contributed by atoms with Crippen molar-refractivity contribution in [3.05, 3.63) is 32.2 Å². The van der Waals surface area contributed by atoms with E-state index in [1.54, 1.807) is 20.9 Å². The van der Waals surface area contributed by atoms with Gasteiger partial charge in [-0.25, -0.2) is 9.18 Å². The average Bonchev–Trinajstić information content (AvgIpc) is 2.42. The normalized spacial score (nSPS) is 13.8. The van der Waals surface area contributed by atoms with Gasteiger partial charge in [0.15, 0.2) is 0 Å². The lowest BCUT2D eigenvalue weighted by atomic mass is 10.1. The van der Waals surface area contributed by atoms with Crippen molar-refractivity contribution >= 4 is 21.9 Å². The van der Waals surface area contributed by atoms with Crippen molar-refractivity contribution in [2.75, 3.05) is 13.7 Å². The van der Waals surface area contributed by atoms with Crippen LogP contribution in [0.1, 0.15) is 42.9 Å². The van der Waals surface area contributed by atoms with Gasteiger partial charge in [-0.15, -0.1) is 0 Å². The Morgan fingerprint density at radius 3 is 2.62 bits per heavy atom. The lowest BCUT2D eigenvalue weighted by Gasteiger charge is -2.22. The van der Waals surface area contributed by atoms with Crippen LogP contribution in [0.3, 0.4) is 0 Å². The SMILES string of the molecule is CCOC(=O)c1cc(Br)c(CNC)n([C@@H](C)C(C)F)c1=O. The smallest absolute Gasteiger partial charge is 0.343 e. The molecule has 0 fully saturated rings. The zero-order chi connectivity index (χ0) is 16.2. The molecule has 0 aliphatic carbocycles. The Morgan fingerprint density at radius 1 is 1.52 bits per heavy atom. The molecule has 1 aromatic rings. The highest BCUT2D eigenvalue weighted by Crippen LogP contribution is 2.22. The average molecular weight is 363 g/mol. The number of esters is 1. The molecule has 1 N–H and O–H groups in total. The van der Waals surface area contributed by atoms with E-state index in [0.29, 0.717) is 16.7 Å². The maximum atomic E-state index is 13.7. The van der Waals surface area contributed by atoms with E-state index in [4.69, 9.17) is 4.74 Å². The molecule has 0 aliphatic heterocycles. The Hall–Kier alpha value is -1.21. The lowest BCUT2D eigenvalue weighted by molar-refractivity contribution is 0.0522. The number of carbonyl (C=O) groups is 1. The van der Waals surface area contributed by atoms with E-state index in [1.807, 2.05) is 0 Å². The molecule has 1 heterocycles. The summed E-state index contributed by atoms with van der Waals surface area (Å²) in [6, 6.07) is 0.741. The first-order valence-corrected chi connectivity index (χ1v) is 7.54. The minimum Gasteiger partial charge on any atom is -0.462 e. The molecule has 0 bridgehead atoms. The topological polar surface area (TPSA) is 60.3 Å². The molecule has 2 atom stereocenters. The molecule has 0 aliphatic rings. The van der Waals surface area contributed by atoms with Crippen LogP contribution in [0.4, 0.5) is 4.39 Å². The fourth-order valence-corrected chi connectivity index (χ4v) is 2.53. The van der Waals surface area contributed by atoms with Crippen LogP contribution in [0.15, 0.2) is 15.3 Å². The number of hydrogen-bond donors (Lipinski definition) is 1. The largest absolute Gasteiger partial charge is 0.462 e. The molecular weight excluding hydrogens is 343 g/mol. The molecule has 7 heteroatoms. The minimum atomic E-state index is -1.23. The molecule has 0 saturated heterocycles. The number of carbonyl (C=O) groups excluding carboxylic acids is 1. The molecule has 118 valence electrons. The first-order chi connectivity index (χ1) is 9.84. The number of pyridine rings is 1. The molecule has 5 nitrogen and oxygen atoms in total. The summed E-state index contributed by atoms with van der Waals surface area (Å²) >= 11 is 3.34. The second-order valence-electron chi connectivity index (χ2n) is 4.70. The second-order valence-corrected chi connectivity index (χ2v) is 5.55. The first-order valence-electron chi connectivity index (χ1n) is 6.74. The number of ether oxygens (including phenoxy) is 1. The third-order valence-corrected chi connectivity index (χ3v) is 3.88. The van der Waals surface area contributed by atoms with E-state index >= 15 is 0 Å². The lowest BCUT2D eigenvalue weighted by Crippen LogP contribution is -2.35. The van der Waals surface area contributed by atoms with Crippen LogP contribution in [0.2, 0.25) is 0 Å². The van der Waals surface area contributed by atoms with Gasteiger partial charge in [0.1, 0.15) is 11.7 Å². The Kier molecular flexibility index (Phi) is 6.54. The zero-order valence-electron chi connectivity index (χ0n) is 12.6. The van der Waals surface area contributed by atoms with Crippen molar-refractivity contribution in [1.82, 2.24) is 9.88 Å². The Balaban J connectivity index is 3.54. The number of alkyl halides is 1. The van der Waals surface area contributed by atoms with E-state index in [2.05, 4.69) is 21.2 Å². The van der Waals surface area contributed by atoms with E-state index in [0.717, 1.165) is 0 Å². The van der Waals surface area contributed by atoms with E-state index in [9.17, 15) is 14.0 Å². The third kappa shape index (κ3) is 3.91. The first kappa shape index (κ1) is 17.8. The molecule has 0 saturated carbocycles. The summed E-state index contributed by atoms with van der Waals surface area (Å²) in [5, 5.41) is 2.93. The monoisotopic (exact) mass is 362 g/mol. The van der Waals surface area contributed by atoms with Gasteiger partial charge in [0.25, 0.3) is 5.56 Å². The van der Waals surface area contributed by atoms with E-state index < -0.39 is 23.7 Å². The number of hydrogen-bond acceptors (Lipinski definition) is 4. The molecule has 21 heavy (non-hydrogen) atoms. The summed E-state index contributed by atoms with van der Waals surface area (Å²) in [7, 11) is 1.73. The fraction of sp³-hybridized carbons (Fsp3) is 0.571. The van der Waals surface area contributed by atoms with Crippen molar-refractivity contribution in [2.45, 2.75) is 39.5 Å². The van der Waals surface area contributed by atoms with Crippen LogP contribution in [-0.2, 0) is 11.3 Å². The summed E-state index contributed by atoms with van der Waals surface area (Å²) < 4.78 is 20.4. The minimum absolute atomic E-state index is 0.101. The van der Waals surface area contributed by atoms with Gasteiger partial charge in [0.2, 0.25) is 0 Å². The van der Waals surface area contributed by atoms with Crippen LogP contribution < -0.4 is 10.9 Å². The summed E-state index contributed by atoms with van der Waals surface area (Å²) in [6.45, 7) is 5.18. The fourth-order valence-electron chi connectivity index (χ4n) is 1.97. The number of halogens is 2. The van der Waals surface area contributed by atoms with Gasteiger partial charge >= 0.3 is 5.97 Å². The molecule has 0 spiro atoms. The van der Waals surface area contributed by atoms with Crippen LogP contribution in [0, 0.1) is 0 Å². The number of rotatable bonds is 6. The van der Waals surface area contributed by atoms with Crippen molar-refractivity contribution in [3.8, 4) is 0 Å². The predicted octanol–water partition coefficient (Wildman–Crippen LogP) is 2.43. The van der Waals surface area contributed by atoms with Crippen molar-refractivity contribution < 1.29 is 13.9 Å². The summed E-state index contributed by atoms with van der Waals surface area (Å²) in [4.78, 5) is 24.4. The van der Waals surface area contributed by atoms with Crippen LogP contribution in [0.5, 0.6) is 0 Å². The van der Waals surface area contributed by atoms with Gasteiger partial charge in [-0.05, 0) is 49.8 Å². The van der Waals surface area contributed by atoms with Crippen molar-refractivity contribution in [3.63, 3.8) is 0 Å². The second kappa shape index (κ2) is 7.70. The third-order valence-electron chi connectivity index (χ3n) is 3.20. The van der Waals surface area contributed by atoms with E-state index in [1.165, 1.54) is 17.6 Å². The zero-order valence-corrected chi connectivity index (χ0v) is 14.2. The van der Waals surface area contributed by atoms with Crippen LogP contribution >= 0.6 is 15.9 Å². The maximum Gasteiger partial charge on any atom is 0.343 e. The van der Waals surface area contributed by atoms with Crippen LogP contribution in [0.25, 0.3) is 0 Å². The number of aromatic nitrogens is 1. The summed E-state index contributed by atoms with van der Waals surface area (Å²) in [5.41, 5.74) is -0.0532. The van der Waals surface area contributed by atoms with Gasteiger partial charge < -0.3 is 14.6 Å². The van der Waals surface area contributed by atoms with Gasteiger partial charge in [0.05, 0.1) is 12.6 Å². The van der Waals surface area contributed by atoms with Crippen molar-refractivity contribution in [2.24, 2.45) is 0 Å². The molecule has 1 rings (SSSR count). The predicted molar refractivity (Wildman–Crippen MR) is 82.4 cm³/mol. The van der Waals surface area contributed by atoms with Crippen molar-refractivity contribution in [1.29, 1.82) is 0 Å². The van der Waals surface area contributed by atoms with Crippen LogP contribution in [-0.4, -0.2) is 30.4 Å². The van der Waals surface area contributed by atoms with Gasteiger partial charge in [0, 0.05) is 16.7 Å². The highest BCUT2D eigenvalue weighted by molar-refractivity contribution is 9.10. The van der Waals surface area contributed by atoms with Gasteiger partial charge in [-0.3, -0.25) is 4.79 Å². The molecular formula is C14H20BrFN2O3. The quantitative estimate of drug-likeness (QED) is 0.789. The van der Waals surface area contributed by atoms with Gasteiger partial charge in [-0.1, -0.05) is 0 Å². The number of nitrogens with one attached hydrogen (secondary N) is 1. The highest BCUT2D eigenvalue weighted by atomic mass is 79.9. The molecule has 1 aromatic heterocycles. The summed E-state index contributed by atoms with van der Waals surface area (Å²) in [6.07, 6.45) is -1.23.